The van der Waals surface area contributed by atoms with Crippen molar-refractivity contribution >= 4 is 41.7 Å². The summed E-state index contributed by atoms with van der Waals surface area (Å²) in [6.45, 7) is 15.3. The molecule has 0 spiro atoms. The Kier molecular flexibility index (Phi) is 11.8. The molecular formula is C43H53F3N6O5Si. The first kappa shape index (κ1) is 41.5. The molecule has 1 amide bonds. The van der Waals surface area contributed by atoms with E-state index in [2.05, 4.69) is 67.9 Å². The molecule has 0 bridgehead atoms. The van der Waals surface area contributed by atoms with Gasteiger partial charge in [0.2, 0.25) is 0 Å². The summed E-state index contributed by atoms with van der Waals surface area (Å²) in [6, 6.07) is 6.28. The van der Waals surface area contributed by atoms with E-state index in [1.165, 1.54) is 24.3 Å². The molecule has 4 aromatic rings. The number of methoxy groups -OCH3 is 1. The number of piperazine rings is 1. The van der Waals surface area contributed by atoms with Crippen LogP contribution >= 0.6 is 0 Å². The van der Waals surface area contributed by atoms with Gasteiger partial charge in [-0.15, -0.1) is 5.54 Å². The highest BCUT2D eigenvalue weighted by Crippen LogP contribution is 2.44. The molecule has 3 saturated heterocycles. The van der Waals surface area contributed by atoms with Crippen LogP contribution in [0.1, 0.15) is 66.4 Å². The van der Waals surface area contributed by atoms with E-state index in [-0.39, 0.29) is 54.8 Å². The highest BCUT2D eigenvalue weighted by atomic mass is 28.3. The molecule has 58 heavy (non-hydrogen) atoms. The number of benzene rings is 2. The fraction of sp³-hybridized carbons (Fsp3) is 0.535. The Labute approximate surface area is 338 Å². The molecule has 5 heterocycles. The smallest absolute Gasteiger partial charge is 0.407 e. The SMILES string of the molecule is COCOc1cc(-c2ncc3c(N4CCN(C(=O)O)CC4)nc(OC[C@@]45CCCN4C[C@H](F)C5)nc3c2F)c2c(C#C[Si](C(C)C)(C(C)C)C(C)C)c(F)ccc2c1. The van der Waals surface area contributed by atoms with Gasteiger partial charge in [-0.2, -0.15) is 9.97 Å². The minimum absolute atomic E-state index is 0.0764. The minimum Gasteiger partial charge on any atom is -0.468 e. The van der Waals surface area contributed by atoms with Crippen molar-refractivity contribution in [3.63, 3.8) is 0 Å². The molecule has 0 aliphatic carbocycles. The maximum Gasteiger partial charge on any atom is 0.407 e. The quantitative estimate of drug-likeness (QED) is 0.0900. The molecule has 3 aliphatic heterocycles. The summed E-state index contributed by atoms with van der Waals surface area (Å²) in [5, 5.41) is 10.9. The third kappa shape index (κ3) is 7.54. The van der Waals surface area contributed by atoms with Crippen LogP contribution in [0, 0.1) is 23.1 Å². The van der Waals surface area contributed by atoms with Gasteiger partial charge in [-0.25, -0.2) is 18.0 Å². The van der Waals surface area contributed by atoms with Crippen LogP contribution < -0.4 is 14.4 Å². The molecule has 11 nitrogen and oxygen atoms in total. The standard InChI is InChI=1S/C43H53F3N6O5Si/c1-26(2)58(27(3)4,28(5)6)18-11-32-35(45)10-9-29-19-31(57-25-55-7)20-33(36(29)32)38-37(46)39-34(22-47-38)40(50-14-16-51(17-15-50)42(53)54)49-41(48-39)56-24-43-12-8-13-52(43)23-30(44)21-43/h9-10,19-20,22,26-28,30H,8,12-17,21,23-25H2,1-7H3,(H,53,54)/t30-,43+/m1/s1. The molecule has 3 fully saturated rings. The fourth-order valence-corrected chi connectivity index (χ4v) is 15.0. The number of carbonyl (C=O) groups is 1. The molecule has 15 heteroatoms. The van der Waals surface area contributed by atoms with Crippen molar-refractivity contribution in [1.29, 1.82) is 0 Å². The summed E-state index contributed by atoms with van der Waals surface area (Å²) in [5.74, 6) is 2.68. The Balaban J connectivity index is 1.41. The number of halogens is 3. The lowest BCUT2D eigenvalue weighted by atomic mass is 9.95. The first-order valence-corrected chi connectivity index (χ1v) is 22.4. The molecule has 1 N–H and O–H groups in total. The Bertz CT molecular complexity index is 2240. The molecule has 0 radical (unpaired) electrons. The van der Waals surface area contributed by atoms with Crippen LogP contribution in [0.15, 0.2) is 30.5 Å². The number of ether oxygens (including phenoxy) is 3. The number of nitrogens with zero attached hydrogens (tertiary/aromatic N) is 6. The number of fused-ring (bicyclic) bond motifs is 3. The average Bonchev–Trinajstić information content (AvgIpc) is 3.72. The molecule has 2 atom stereocenters. The van der Waals surface area contributed by atoms with Gasteiger partial charge >= 0.3 is 12.1 Å². The Hall–Kier alpha value is -4.65. The van der Waals surface area contributed by atoms with Crippen LogP contribution in [0.2, 0.25) is 16.6 Å². The van der Waals surface area contributed by atoms with E-state index in [1.54, 1.807) is 18.2 Å². The first-order valence-electron chi connectivity index (χ1n) is 20.2. The second-order valence-corrected chi connectivity index (χ2v) is 22.4. The van der Waals surface area contributed by atoms with Gasteiger partial charge in [-0.3, -0.25) is 9.88 Å². The van der Waals surface area contributed by atoms with Gasteiger partial charge in [-0.1, -0.05) is 53.5 Å². The second-order valence-electron chi connectivity index (χ2n) is 16.8. The van der Waals surface area contributed by atoms with Crippen molar-refractivity contribution < 1.29 is 37.3 Å². The largest absolute Gasteiger partial charge is 0.468 e. The maximum absolute atomic E-state index is 17.5. The van der Waals surface area contributed by atoms with Gasteiger partial charge in [-0.05, 0) is 59.6 Å². The first-order chi connectivity index (χ1) is 27.7. The number of anilines is 1. The lowest BCUT2D eigenvalue weighted by Crippen LogP contribution is -2.48. The molecule has 310 valence electrons. The fourth-order valence-electron chi connectivity index (χ4n) is 9.81. The number of amides is 1. The van der Waals surface area contributed by atoms with Crippen LogP contribution in [0.25, 0.3) is 32.9 Å². The van der Waals surface area contributed by atoms with Gasteiger partial charge in [0.25, 0.3) is 0 Å². The van der Waals surface area contributed by atoms with Crippen molar-refractivity contribution in [3.8, 4) is 34.5 Å². The lowest BCUT2D eigenvalue weighted by molar-refractivity contribution is 0.0512. The summed E-state index contributed by atoms with van der Waals surface area (Å²) >= 11 is 0. The third-order valence-electron chi connectivity index (χ3n) is 12.6. The number of hydrogen-bond donors (Lipinski definition) is 1. The number of pyridine rings is 1. The van der Waals surface area contributed by atoms with Gasteiger partial charge in [0.1, 0.15) is 49.4 Å². The Morgan fingerprint density at radius 3 is 2.41 bits per heavy atom. The molecule has 7 rings (SSSR count). The molecule has 2 aromatic heterocycles. The van der Waals surface area contributed by atoms with Crippen LogP contribution in [-0.4, -0.2) is 116 Å². The van der Waals surface area contributed by atoms with E-state index < -0.39 is 37.5 Å². The minimum atomic E-state index is -2.32. The zero-order valence-corrected chi connectivity index (χ0v) is 35.4. The summed E-state index contributed by atoms with van der Waals surface area (Å²) in [4.78, 5) is 31.1. The normalized spacial score (nSPS) is 20.1. The van der Waals surface area contributed by atoms with Crippen molar-refractivity contribution in [2.45, 2.75) is 89.1 Å². The van der Waals surface area contributed by atoms with Gasteiger partial charge in [0.05, 0.1) is 16.5 Å². The zero-order chi connectivity index (χ0) is 41.5. The predicted molar refractivity (Wildman–Crippen MR) is 221 cm³/mol. The van der Waals surface area contributed by atoms with Crippen LogP contribution in [0.4, 0.5) is 23.8 Å². The van der Waals surface area contributed by atoms with Crippen molar-refractivity contribution in [2.24, 2.45) is 0 Å². The summed E-state index contributed by atoms with van der Waals surface area (Å²) in [6.07, 6.45) is 1.52. The topological polar surface area (TPSA) is 113 Å². The van der Waals surface area contributed by atoms with Gasteiger partial charge in [0.15, 0.2) is 12.6 Å². The van der Waals surface area contributed by atoms with Crippen molar-refractivity contribution in [3.05, 3.63) is 47.7 Å². The maximum atomic E-state index is 17.5. The molecular weight excluding hydrogens is 766 g/mol. The number of alkyl halides is 1. The molecule has 2 aromatic carbocycles. The van der Waals surface area contributed by atoms with Gasteiger partial charge in [0, 0.05) is 63.4 Å². The number of aromatic nitrogens is 3. The van der Waals surface area contributed by atoms with E-state index in [0.29, 0.717) is 70.4 Å². The molecule has 0 unspecified atom stereocenters. The molecule has 0 saturated carbocycles. The zero-order valence-electron chi connectivity index (χ0n) is 34.4. The Morgan fingerprint density at radius 1 is 1.02 bits per heavy atom. The number of hydrogen-bond acceptors (Lipinski definition) is 9. The van der Waals surface area contributed by atoms with E-state index in [9.17, 15) is 14.3 Å². The predicted octanol–water partition coefficient (Wildman–Crippen LogP) is 8.43. The monoisotopic (exact) mass is 818 g/mol. The summed E-state index contributed by atoms with van der Waals surface area (Å²) < 4.78 is 65.7. The highest BCUT2D eigenvalue weighted by Gasteiger charge is 2.49. The molecule has 3 aliphatic rings. The van der Waals surface area contributed by atoms with Crippen molar-refractivity contribution in [1.82, 2.24) is 24.8 Å². The highest BCUT2D eigenvalue weighted by molar-refractivity contribution is 6.90. The second kappa shape index (κ2) is 16.5. The average molecular weight is 819 g/mol. The third-order valence-corrected chi connectivity index (χ3v) is 18.9. The van der Waals surface area contributed by atoms with E-state index in [4.69, 9.17) is 19.2 Å². The van der Waals surface area contributed by atoms with Crippen LogP contribution in [-0.2, 0) is 4.74 Å². The van der Waals surface area contributed by atoms with Gasteiger partial charge < -0.3 is 29.1 Å². The Morgan fingerprint density at radius 2 is 1.74 bits per heavy atom. The van der Waals surface area contributed by atoms with E-state index in [0.717, 1.165) is 19.4 Å². The number of rotatable bonds is 11. The summed E-state index contributed by atoms with van der Waals surface area (Å²) in [5.41, 5.74) is 4.27. The van der Waals surface area contributed by atoms with Crippen molar-refractivity contribution in [2.75, 3.05) is 64.7 Å². The van der Waals surface area contributed by atoms with Crippen LogP contribution in [0.5, 0.6) is 11.8 Å². The van der Waals surface area contributed by atoms with Crippen LogP contribution in [0.3, 0.4) is 0 Å². The van der Waals surface area contributed by atoms with E-state index in [1.807, 2.05) is 4.90 Å². The van der Waals surface area contributed by atoms with E-state index >= 15 is 8.78 Å². The lowest BCUT2D eigenvalue weighted by Gasteiger charge is -2.38. The summed E-state index contributed by atoms with van der Waals surface area (Å²) in [7, 11) is -0.822. The number of carboxylic acid groups (broad SMARTS) is 1.